The van der Waals surface area contributed by atoms with Crippen molar-refractivity contribution in [1.82, 2.24) is 9.97 Å². The number of nitrogens with zero attached hydrogens (tertiary/aromatic N) is 1. The van der Waals surface area contributed by atoms with Crippen LogP contribution >= 0.6 is 23.2 Å². The largest absolute Gasteiger partial charge is 0.338 e. The van der Waals surface area contributed by atoms with Gasteiger partial charge in [0.25, 0.3) is 0 Å². The molecule has 0 bridgehead atoms. The third-order valence-electron chi connectivity index (χ3n) is 3.28. The molecule has 1 aromatic heterocycles. The molecule has 3 rings (SSSR count). The number of benzene rings is 2. The third-order valence-corrected chi connectivity index (χ3v) is 3.83. The van der Waals surface area contributed by atoms with Crippen LogP contribution in [0.4, 0.5) is 0 Å². The zero-order valence-electron chi connectivity index (χ0n) is 10.6. The van der Waals surface area contributed by atoms with Crippen LogP contribution in [0.2, 0.25) is 10.0 Å². The smallest absolute Gasteiger partial charge is 0.139 e. The van der Waals surface area contributed by atoms with E-state index in [2.05, 4.69) is 35.9 Å². The number of aromatic amines is 1. The van der Waals surface area contributed by atoms with Gasteiger partial charge >= 0.3 is 0 Å². The number of aryl methyl sites for hydroxylation is 2. The molecule has 0 saturated carbocycles. The zero-order chi connectivity index (χ0) is 13.6. The van der Waals surface area contributed by atoms with E-state index in [1.54, 1.807) is 6.07 Å². The first-order valence-corrected chi connectivity index (χ1v) is 6.72. The number of halogens is 2. The summed E-state index contributed by atoms with van der Waals surface area (Å²) in [4.78, 5) is 7.89. The Hall–Kier alpha value is -1.51. The maximum atomic E-state index is 6.21. The van der Waals surface area contributed by atoms with E-state index < -0.39 is 0 Å². The summed E-state index contributed by atoms with van der Waals surface area (Å²) in [6.45, 7) is 4.17. The van der Waals surface area contributed by atoms with Gasteiger partial charge < -0.3 is 4.98 Å². The van der Waals surface area contributed by atoms with E-state index in [1.807, 2.05) is 12.1 Å². The maximum absolute atomic E-state index is 6.21. The fourth-order valence-electron chi connectivity index (χ4n) is 2.08. The van der Waals surface area contributed by atoms with Crippen LogP contribution < -0.4 is 0 Å². The molecular formula is C15H12Cl2N2. The average molecular weight is 291 g/mol. The van der Waals surface area contributed by atoms with Gasteiger partial charge in [0.05, 0.1) is 16.1 Å². The van der Waals surface area contributed by atoms with Crippen molar-refractivity contribution in [3.63, 3.8) is 0 Å². The molecule has 1 N–H and O–H groups in total. The van der Waals surface area contributed by atoms with Crippen LogP contribution in [0.3, 0.4) is 0 Å². The number of imidazole rings is 1. The summed E-state index contributed by atoms with van der Waals surface area (Å²) in [5.74, 6) is 0.765. The monoisotopic (exact) mass is 290 g/mol. The number of rotatable bonds is 1. The zero-order valence-corrected chi connectivity index (χ0v) is 12.1. The molecule has 1 heterocycles. The molecule has 3 aromatic rings. The number of fused-ring (bicyclic) bond motifs is 1. The highest BCUT2D eigenvalue weighted by molar-refractivity contribution is 6.36. The molecule has 0 fully saturated rings. The molecule has 19 heavy (non-hydrogen) atoms. The summed E-state index contributed by atoms with van der Waals surface area (Å²) in [7, 11) is 0. The van der Waals surface area contributed by atoms with E-state index in [-0.39, 0.29) is 0 Å². The number of H-pyrrole nitrogens is 1. The number of nitrogens with one attached hydrogen (secondary N) is 1. The van der Waals surface area contributed by atoms with Crippen molar-refractivity contribution in [2.75, 3.05) is 0 Å². The topological polar surface area (TPSA) is 28.7 Å². The molecule has 0 amide bonds. The second-order valence-corrected chi connectivity index (χ2v) is 5.51. The second kappa shape index (κ2) is 4.55. The van der Waals surface area contributed by atoms with Crippen LogP contribution in [0.5, 0.6) is 0 Å². The second-order valence-electron chi connectivity index (χ2n) is 4.66. The molecular weight excluding hydrogens is 279 g/mol. The Bertz CT molecular complexity index is 736. The van der Waals surface area contributed by atoms with Crippen molar-refractivity contribution in [2.45, 2.75) is 13.8 Å². The molecule has 0 atom stereocenters. The summed E-state index contributed by atoms with van der Waals surface area (Å²) in [5, 5.41) is 1.22. The van der Waals surface area contributed by atoms with Crippen molar-refractivity contribution in [3.8, 4) is 11.4 Å². The van der Waals surface area contributed by atoms with Gasteiger partial charge in [-0.2, -0.15) is 0 Å². The van der Waals surface area contributed by atoms with E-state index in [9.17, 15) is 0 Å². The van der Waals surface area contributed by atoms with Gasteiger partial charge in [0.15, 0.2) is 0 Å². The fourth-order valence-corrected chi connectivity index (χ4v) is 2.58. The quantitative estimate of drug-likeness (QED) is 0.659. The first-order chi connectivity index (χ1) is 9.04. The molecule has 96 valence electrons. The van der Waals surface area contributed by atoms with Gasteiger partial charge in [0.1, 0.15) is 5.82 Å². The van der Waals surface area contributed by atoms with Gasteiger partial charge in [0.2, 0.25) is 0 Å². The van der Waals surface area contributed by atoms with Gasteiger partial charge in [-0.25, -0.2) is 4.98 Å². The van der Waals surface area contributed by atoms with Crippen LogP contribution in [0.15, 0.2) is 30.3 Å². The first-order valence-electron chi connectivity index (χ1n) is 5.97. The Morgan fingerprint density at radius 3 is 2.47 bits per heavy atom. The summed E-state index contributed by atoms with van der Waals surface area (Å²) >= 11 is 12.1. The van der Waals surface area contributed by atoms with E-state index in [0.717, 1.165) is 22.4 Å². The molecule has 4 heteroatoms. The Morgan fingerprint density at radius 2 is 1.74 bits per heavy atom. The molecule has 0 saturated heterocycles. The minimum Gasteiger partial charge on any atom is -0.338 e. The number of hydrogen-bond donors (Lipinski definition) is 1. The minimum absolute atomic E-state index is 0.597. The van der Waals surface area contributed by atoms with E-state index in [1.165, 1.54) is 11.1 Å². The highest BCUT2D eigenvalue weighted by Gasteiger charge is 2.10. The minimum atomic E-state index is 0.597. The average Bonchev–Trinajstić information content (AvgIpc) is 2.72. The third kappa shape index (κ3) is 2.22. The van der Waals surface area contributed by atoms with Gasteiger partial charge in [0, 0.05) is 10.6 Å². The predicted molar refractivity (Wildman–Crippen MR) is 81.0 cm³/mol. The highest BCUT2D eigenvalue weighted by Crippen LogP contribution is 2.30. The van der Waals surface area contributed by atoms with Crippen LogP contribution in [0.25, 0.3) is 22.4 Å². The van der Waals surface area contributed by atoms with Crippen LogP contribution in [-0.2, 0) is 0 Å². The van der Waals surface area contributed by atoms with Gasteiger partial charge in [-0.1, -0.05) is 23.2 Å². The van der Waals surface area contributed by atoms with Gasteiger partial charge in [-0.15, -0.1) is 0 Å². The maximum Gasteiger partial charge on any atom is 0.139 e. The molecule has 0 radical (unpaired) electrons. The van der Waals surface area contributed by atoms with Crippen molar-refractivity contribution >= 4 is 34.2 Å². The van der Waals surface area contributed by atoms with Crippen molar-refractivity contribution < 1.29 is 0 Å². The molecule has 0 aliphatic rings. The molecule has 0 spiro atoms. The number of aromatic nitrogens is 2. The lowest BCUT2D eigenvalue weighted by molar-refractivity contribution is 1.34. The fraction of sp³-hybridized carbons (Fsp3) is 0.133. The van der Waals surface area contributed by atoms with E-state index >= 15 is 0 Å². The standard InChI is InChI=1S/C15H12Cl2N2/c1-8-5-13-14(6-9(8)2)19-15(18-13)11-4-3-10(16)7-12(11)17/h3-7H,1-2H3,(H,18,19). The van der Waals surface area contributed by atoms with E-state index in [4.69, 9.17) is 23.2 Å². The van der Waals surface area contributed by atoms with E-state index in [0.29, 0.717) is 10.0 Å². The van der Waals surface area contributed by atoms with Gasteiger partial charge in [-0.3, -0.25) is 0 Å². The lowest BCUT2D eigenvalue weighted by Crippen LogP contribution is -1.81. The summed E-state index contributed by atoms with van der Waals surface area (Å²) < 4.78 is 0. The Labute approximate surface area is 121 Å². The van der Waals surface area contributed by atoms with Crippen LogP contribution in [0.1, 0.15) is 11.1 Å². The van der Waals surface area contributed by atoms with Crippen molar-refractivity contribution in [1.29, 1.82) is 0 Å². The Morgan fingerprint density at radius 1 is 1.00 bits per heavy atom. The van der Waals surface area contributed by atoms with Gasteiger partial charge in [-0.05, 0) is 55.3 Å². The molecule has 0 unspecified atom stereocenters. The molecule has 2 aromatic carbocycles. The number of hydrogen-bond acceptors (Lipinski definition) is 1. The lowest BCUT2D eigenvalue weighted by Gasteiger charge is -2.00. The highest BCUT2D eigenvalue weighted by atomic mass is 35.5. The summed E-state index contributed by atoms with van der Waals surface area (Å²) in [6, 6.07) is 9.59. The Kier molecular flexibility index (Phi) is 3.00. The summed E-state index contributed by atoms with van der Waals surface area (Å²) in [6.07, 6.45) is 0. The molecule has 2 nitrogen and oxygen atoms in total. The molecule has 0 aliphatic carbocycles. The van der Waals surface area contributed by atoms with Crippen molar-refractivity contribution in [2.24, 2.45) is 0 Å². The normalized spacial score (nSPS) is 11.2. The van der Waals surface area contributed by atoms with Crippen LogP contribution in [0, 0.1) is 13.8 Å². The lowest BCUT2D eigenvalue weighted by atomic mass is 10.1. The van der Waals surface area contributed by atoms with Crippen LogP contribution in [-0.4, -0.2) is 9.97 Å². The van der Waals surface area contributed by atoms with Crippen molar-refractivity contribution in [3.05, 3.63) is 51.5 Å². The first kappa shape index (κ1) is 12.5. The summed E-state index contributed by atoms with van der Waals surface area (Å²) in [5.41, 5.74) is 5.29. The SMILES string of the molecule is Cc1cc2nc(-c3ccc(Cl)cc3Cl)[nH]c2cc1C. The Balaban J connectivity index is 2.20. The molecule has 0 aliphatic heterocycles. The predicted octanol–water partition coefficient (Wildman–Crippen LogP) is 5.15.